The highest BCUT2D eigenvalue weighted by Gasteiger charge is 2.22. The highest BCUT2D eigenvalue weighted by molar-refractivity contribution is 14.1. The molecule has 0 saturated carbocycles. The van der Waals surface area contributed by atoms with Gasteiger partial charge in [0.15, 0.2) is 6.29 Å². The first kappa shape index (κ1) is 12.6. The van der Waals surface area contributed by atoms with E-state index in [4.69, 9.17) is 9.47 Å². The Morgan fingerprint density at radius 1 is 1.42 bits per heavy atom. The van der Waals surface area contributed by atoms with Crippen LogP contribution in [0, 0.1) is 0 Å². The Kier molecular flexibility index (Phi) is 7.41. The van der Waals surface area contributed by atoms with Crippen molar-refractivity contribution in [3.05, 3.63) is 0 Å². The molecule has 2 atom stereocenters. The number of ether oxygens (including phenoxy) is 2. The van der Waals surface area contributed by atoms with Gasteiger partial charge in [0.2, 0.25) is 0 Å². The highest BCUT2D eigenvalue weighted by atomic mass is 127. The van der Waals surface area contributed by atoms with E-state index in [0.717, 1.165) is 13.2 Å². The lowest BCUT2D eigenvalue weighted by Gasteiger charge is -2.13. The lowest BCUT2D eigenvalue weighted by molar-refractivity contribution is -0.0450. The third kappa shape index (κ3) is 5.29. The molecular formula is C8H18INO2. The summed E-state index contributed by atoms with van der Waals surface area (Å²) in [5, 5.41) is 0. The maximum atomic E-state index is 5.41. The van der Waals surface area contributed by atoms with Crippen LogP contribution >= 0.6 is 22.6 Å². The van der Waals surface area contributed by atoms with Crippen molar-refractivity contribution in [1.29, 1.82) is 0 Å². The smallest absolute Gasteiger partial charge is 0.155 e. The maximum Gasteiger partial charge on any atom is 0.155 e. The molecule has 1 aliphatic heterocycles. The van der Waals surface area contributed by atoms with Crippen LogP contribution in [0.3, 0.4) is 0 Å². The third-order valence-corrected chi connectivity index (χ3v) is 1.47. The van der Waals surface area contributed by atoms with Gasteiger partial charge in [0.1, 0.15) is 0 Å². The molecule has 0 spiro atoms. The number of rotatable bonds is 2. The average molecular weight is 287 g/mol. The predicted molar refractivity (Wildman–Crippen MR) is 58.8 cm³/mol. The van der Waals surface area contributed by atoms with E-state index < -0.39 is 0 Å². The van der Waals surface area contributed by atoms with E-state index in [0.29, 0.717) is 0 Å². The summed E-state index contributed by atoms with van der Waals surface area (Å²) in [5.74, 6) is 0. The third-order valence-electron chi connectivity index (χ3n) is 1.47. The molecule has 0 aromatic carbocycles. The van der Waals surface area contributed by atoms with Gasteiger partial charge in [0, 0.05) is 6.54 Å². The van der Waals surface area contributed by atoms with Crippen LogP contribution in [0.25, 0.3) is 0 Å². The summed E-state index contributed by atoms with van der Waals surface area (Å²) < 4.78 is 10.6. The Bertz CT molecular complexity index is 111. The molecule has 0 aliphatic carbocycles. The average Bonchev–Trinajstić information content (AvgIpc) is 2.39. The summed E-state index contributed by atoms with van der Waals surface area (Å²) in [5.41, 5.74) is 0. The van der Waals surface area contributed by atoms with E-state index in [1.54, 1.807) is 0 Å². The van der Waals surface area contributed by atoms with Crippen LogP contribution in [0.15, 0.2) is 0 Å². The van der Waals surface area contributed by atoms with Gasteiger partial charge in [-0.2, -0.15) is 0 Å². The normalized spacial score (nSPS) is 28.5. The summed E-state index contributed by atoms with van der Waals surface area (Å²) in [4.78, 5) is 4.07. The second-order valence-corrected chi connectivity index (χ2v) is 2.92. The van der Waals surface area contributed by atoms with E-state index in [-0.39, 0.29) is 12.4 Å². The minimum absolute atomic E-state index is 0.00931. The monoisotopic (exact) mass is 287 g/mol. The topological polar surface area (TPSA) is 21.7 Å². The summed E-state index contributed by atoms with van der Waals surface area (Å²) in [6.07, 6.45) is 0.259. The Balaban J connectivity index is 0.000000561. The second kappa shape index (κ2) is 7.06. The molecule has 1 rings (SSSR count). The van der Waals surface area contributed by atoms with Crippen LogP contribution in [-0.4, -0.2) is 49.5 Å². The van der Waals surface area contributed by atoms with Gasteiger partial charge in [-0.1, -0.05) is 22.6 Å². The van der Waals surface area contributed by atoms with Crippen LogP contribution in [0.4, 0.5) is 0 Å². The zero-order valence-electron chi connectivity index (χ0n) is 8.21. The van der Waals surface area contributed by atoms with Gasteiger partial charge in [-0.15, -0.1) is 0 Å². The van der Waals surface area contributed by atoms with Crippen molar-refractivity contribution >= 4 is 22.6 Å². The Labute approximate surface area is 88.5 Å². The molecule has 1 saturated heterocycles. The van der Waals surface area contributed by atoms with Crippen LogP contribution < -0.4 is 0 Å². The summed E-state index contributed by atoms with van der Waals surface area (Å²) in [6, 6.07) is 0. The van der Waals surface area contributed by atoms with Crippen molar-refractivity contribution in [2.45, 2.75) is 19.3 Å². The molecule has 2 unspecified atom stereocenters. The van der Waals surface area contributed by atoms with Gasteiger partial charge in [0.25, 0.3) is 0 Å². The molecular weight excluding hydrogens is 269 g/mol. The molecule has 74 valence electrons. The number of halogens is 1. The van der Waals surface area contributed by atoms with Crippen LogP contribution in [0.2, 0.25) is 0 Å². The van der Waals surface area contributed by atoms with Crippen molar-refractivity contribution in [2.24, 2.45) is 0 Å². The SMILES string of the molecule is CC1OCC(CN(C)C)O1.CI. The number of likely N-dealkylation sites (N-methyl/N-ethyl adjacent to an activating group) is 1. The van der Waals surface area contributed by atoms with Gasteiger partial charge >= 0.3 is 0 Å². The van der Waals surface area contributed by atoms with Crippen molar-refractivity contribution < 1.29 is 9.47 Å². The molecule has 1 aliphatic rings. The van der Waals surface area contributed by atoms with Crippen molar-refractivity contribution in [2.75, 3.05) is 32.2 Å². The van der Waals surface area contributed by atoms with Crippen molar-refractivity contribution in [3.8, 4) is 0 Å². The standard InChI is InChI=1S/C7H15NO2.CH3I/c1-6-9-5-7(10-6)4-8(2)3;1-2/h6-7H,4-5H2,1-3H3;1H3. The van der Waals surface area contributed by atoms with Crippen molar-refractivity contribution in [1.82, 2.24) is 4.90 Å². The predicted octanol–water partition coefficient (Wildman–Crippen LogP) is 1.36. The van der Waals surface area contributed by atoms with Gasteiger partial charge in [-0.05, 0) is 25.9 Å². The minimum Gasteiger partial charge on any atom is -0.350 e. The maximum absolute atomic E-state index is 5.41. The lowest BCUT2D eigenvalue weighted by Crippen LogP contribution is -2.27. The van der Waals surface area contributed by atoms with Crippen LogP contribution in [-0.2, 0) is 9.47 Å². The van der Waals surface area contributed by atoms with E-state index in [1.807, 2.05) is 25.9 Å². The fraction of sp³-hybridized carbons (Fsp3) is 1.00. The molecule has 0 bridgehead atoms. The lowest BCUT2D eigenvalue weighted by atomic mass is 10.4. The largest absolute Gasteiger partial charge is 0.350 e. The fourth-order valence-corrected chi connectivity index (χ4v) is 1.10. The van der Waals surface area contributed by atoms with E-state index >= 15 is 0 Å². The zero-order valence-corrected chi connectivity index (χ0v) is 10.4. The molecule has 4 heteroatoms. The molecule has 12 heavy (non-hydrogen) atoms. The van der Waals surface area contributed by atoms with E-state index in [9.17, 15) is 0 Å². The zero-order chi connectivity index (χ0) is 9.56. The van der Waals surface area contributed by atoms with Crippen molar-refractivity contribution in [3.63, 3.8) is 0 Å². The number of hydrogen-bond acceptors (Lipinski definition) is 3. The highest BCUT2D eigenvalue weighted by Crippen LogP contribution is 2.10. The molecule has 0 aromatic heterocycles. The number of alkyl halides is 1. The summed E-state index contributed by atoms with van der Waals surface area (Å²) in [6.45, 7) is 3.61. The number of hydrogen-bond donors (Lipinski definition) is 0. The van der Waals surface area contributed by atoms with E-state index in [2.05, 4.69) is 27.5 Å². The second-order valence-electron chi connectivity index (χ2n) is 2.92. The molecule has 3 nitrogen and oxygen atoms in total. The first-order valence-electron chi connectivity index (χ1n) is 3.98. The summed E-state index contributed by atoms with van der Waals surface area (Å²) >= 11 is 2.15. The van der Waals surface area contributed by atoms with Gasteiger partial charge in [0.05, 0.1) is 12.7 Å². The quantitative estimate of drug-likeness (QED) is 0.565. The fourth-order valence-electron chi connectivity index (χ4n) is 1.10. The molecule has 0 amide bonds. The van der Waals surface area contributed by atoms with Crippen LogP contribution in [0.5, 0.6) is 0 Å². The van der Waals surface area contributed by atoms with Gasteiger partial charge in [-0.25, -0.2) is 0 Å². The minimum atomic E-state index is -0.00931. The van der Waals surface area contributed by atoms with Gasteiger partial charge in [-0.3, -0.25) is 0 Å². The van der Waals surface area contributed by atoms with E-state index in [1.165, 1.54) is 0 Å². The first-order valence-corrected chi connectivity index (χ1v) is 6.14. The van der Waals surface area contributed by atoms with Gasteiger partial charge < -0.3 is 14.4 Å². The molecule has 0 aromatic rings. The first-order chi connectivity index (χ1) is 5.68. The van der Waals surface area contributed by atoms with Crippen LogP contribution in [0.1, 0.15) is 6.92 Å². The Morgan fingerprint density at radius 2 is 2.00 bits per heavy atom. The molecule has 0 radical (unpaired) electrons. The molecule has 1 heterocycles. The molecule has 0 N–H and O–H groups in total. The summed E-state index contributed by atoms with van der Waals surface area (Å²) in [7, 11) is 4.07. The Morgan fingerprint density at radius 3 is 2.33 bits per heavy atom. The number of nitrogens with zero attached hydrogens (tertiary/aromatic N) is 1. The Hall–Kier alpha value is 0.610. The molecule has 1 fully saturated rings.